The maximum atomic E-state index is 5.82. The molecule has 2 unspecified atom stereocenters. The van der Waals surface area contributed by atoms with E-state index in [9.17, 15) is 0 Å². The fraction of sp³-hybridized carbons (Fsp3) is 1.00. The Balaban J connectivity index is 0. The summed E-state index contributed by atoms with van der Waals surface area (Å²) in [6.45, 7) is 3.23. The molecule has 1 aliphatic carbocycles. The van der Waals surface area contributed by atoms with Gasteiger partial charge in [0.1, 0.15) is 0 Å². The molecule has 0 aromatic rings. The summed E-state index contributed by atoms with van der Waals surface area (Å²) in [7, 11) is 0. The SMILES string of the molecule is CCNC1CCCC(N)C1.Cl.Cl. The minimum atomic E-state index is 0. The lowest BCUT2D eigenvalue weighted by Crippen LogP contribution is -2.39. The quantitative estimate of drug-likeness (QED) is 0.735. The molecular formula is C8H20Cl2N2. The summed E-state index contributed by atoms with van der Waals surface area (Å²) in [4.78, 5) is 0. The number of nitrogens with two attached hydrogens (primary N) is 1. The third-order valence-corrected chi connectivity index (χ3v) is 2.21. The number of halogens is 2. The van der Waals surface area contributed by atoms with Crippen molar-refractivity contribution in [3.8, 4) is 0 Å². The van der Waals surface area contributed by atoms with Gasteiger partial charge in [-0.05, 0) is 25.8 Å². The lowest BCUT2D eigenvalue weighted by molar-refractivity contribution is 0.344. The number of rotatable bonds is 2. The molecular weight excluding hydrogens is 195 g/mol. The molecule has 0 saturated heterocycles. The Bertz CT molecular complexity index is 99.1. The van der Waals surface area contributed by atoms with Gasteiger partial charge in [-0.15, -0.1) is 24.8 Å². The molecule has 2 atom stereocenters. The van der Waals surface area contributed by atoms with Crippen LogP contribution < -0.4 is 11.1 Å². The molecule has 76 valence electrons. The largest absolute Gasteiger partial charge is 0.328 e. The van der Waals surface area contributed by atoms with E-state index in [0.29, 0.717) is 12.1 Å². The molecule has 0 heterocycles. The van der Waals surface area contributed by atoms with E-state index in [4.69, 9.17) is 5.73 Å². The van der Waals surface area contributed by atoms with E-state index < -0.39 is 0 Å². The van der Waals surface area contributed by atoms with Crippen molar-refractivity contribution in [2.24, 2.45) is 5.73 Å². The lowest BCUT2D eigenvalue weighted by Gasteiger charge is -2.26. The third-order valence-electron chi connectivity index (χ3n) is 2.21. The van der Waals surface area contributed by atoms with Gasteiger partial charge in [-0.3, -0.25) is 0 Å². The molecule has 0 radical (unpaired) electrons. The smallest absolute Gasteiger partial charge is 0.00816 e. The molecule has 1 saturated carbocycles. The van der Waals surface area contributed by atoms with Crippen molar-refractivity contribution in [3.05, 3.63) is 0 Å². The molecule has 1 aliphatic rings. The molecule has 2 nitrogen and oxygen atoms in total. The summed E-state index contributed by atoms with van der Waals surface area (Å²) in [6, 6.07) is 1.16. The Hall–Kier alpha value is 0.500. The molecule has 0 spiro atoms. The van der Waals surface area contributed by atoms with Crippen molar-refractivity contribution in [2.45, 2.75) is 44.7 Å². The third kappa shape index (κ3) is 5.20. The second-order valence-corrected chi connectivity index (χ2v) is 3.18. The van der Waals surface area contributed by atoms with Crippen LogP contribution in [0.25, 0.3) is 0 Å². The lowest BCUT2D eigenvalue weighted by atomic mass is 9.92. The van der Waals surface area contributed by atoms with E-state index in [0.717, 1.165) is 6.54 Å². The first kappa shape index (κ1) is 15.0. The number of nitrogens with one attached hydrogen (secondary N) is 1. The van der Waals surface area contributed by atoms with Crippen LogP contribution in [-0.2, 0) is 0 Å². The van der Waals surface area contributed by atoms with Crippen molar-refractivity contribution in [3.63, 3.8) is 0 Å². The molecule has 12 heavy (non-hydrogen) atoms. The monoisotopic (exact) mass is 214 g/mol. The maximum absolute atomic E-state index is 5.82. The van der Waals surface area contributed by atoms with Crippen LogP contribution in [0, 0.1) is 0 Å². The fourth-order valence-electron chi connectivity index (χ4n) is 1.70. The van der Waals surface area contributed by atoms with Gasteiger partial charge in [0.25, 0.3) is 0 Å². The van der Waals surface area contributed by atoms with E-state index >= 15 is 0 Å². The highest BCUT2D eigenvalue weighted by Gasteiger charge is 2.17. The predicted molar refractivity (Wildman–Crippen MR) is 58.4 cm³/mol. The Labute approximate surface area is 87.5 Å². The normalized spacial score (nSPS) is 28.5. The van der Waals surface area contributed by atoms with Gasteiger partial charge in [0.2, 0.25) is 0 Å². The first-order valence-electron chi connectivity index (χ1n) is 4.32. The van der Waals surface area contributed by atoms with Gasteiger partial charge in [0.15, 0.2) is 0 Å². The van der Waals surface area contributed by atoms with Crippen molar-refractivity contribution >= 4 is 24.8 Å². The number of hydrogen-bond acceptors (Lipinski definition) is 2. The molecule has 1 rings (SSSR count). The Morgan fingerprint density at radius 3 is 2.50 bits per heavy atom. The Kier molecular flexibility index (Phi) is 10.1. The van der Waals surface area contributed by atoms with E-state index in [1.807, 2.05) is 0 Å². The van der Waals surface area contributed by atoms with Gasteiger partial charge < -0.3 is 11.1 Å². The zero-order chi connectivity index (χ0) is 7.40. The minimum Gasteiger partial charge on any atom is -0.328 e. The first-order valence-corrected chi connectivity index (χ1v) is 4.32. The van der Waals surface area contributed by atoms with Crippen LogP contribution in [0.2, 0.25) is 0 Å². The topological polar surface area (TPSA) is 38.0 Å². The highest BCUT2D eigenvalue weighted by Crippen LogP contribution is 2.16. The van der Waals surface area contributed by atoms with E-state index in [2.05, 4.69) is 12.2 Å². The Morgan fingerprint density at radius 1 is 1.33 bits per heavy atom. The van der Waals surface area contributed by atoms with Crippen LogP contribution in [-0.4, -0.2) is 18.6 Å². The summed E-state index contributed by atoms with van der Waals surface area (Å²) in [5, 5.41) is 3.43. The van der Waals surface area contributed by atoms with Gasteiger partial charge in [-0.1, -0.05) is 13.3 Å². The summed E-state index contributed by atoms with van der Waals surface area (Å²) >= 11 is 0. The van der Waals surface area contributed by atoms with E-state index in [1.54, 1.807) is 0 Å². The maximum Gasteiger partial charge on any atom is 0.00816 e. The Morgan fingerprint density at radius 2 is 2.00 bits per heavy atom. The average Bonchev–Trinajstić information content (AvgIpc) is 1.88. The summed E-state index contributed by atoms with van der Waals surface area (Å²) in [5.74, 6) is 0. The van der Waals surface area contributed by atoms with Gasteiger partial charge in [-0.2, -0.15) is 0 Å². The predicted octanol–water partition coefficient (Wildman–Crippen LogP) is 1.71. The van der Waals surface area contributed by atoms with Crippen LogP contribution in [0.1, 0.15) is 32.6 Å². The molecule has 4 heteroatoms. The van der Waals surface area contributed by atoms with Crippen molar-refractivity contribution in [1.82, 2.24) is 5.32 Å². The molecule has 0 amide bonds. The summed E-state index contributed by atoms with van der Waals surface area (Å²) < 4.78 is 0. The molecule has 0 aromatic heterocycles. The second-order valence-electron chi connectivity index (χ2n) is 3.18. The van der Waals surface area contributed by atoms with Crippen LogP contribution in [0.5, 0.6) is 0 Å². The van der Waals surface area contributed by atoms with Gasteiger partial charge in [-0.25, -0.2) is 0 Å². The first-order chi connectivity index (χ1) is 4.83. The zero-order valence-corrected chi connectivity index (χ0v) is 9.22. The second kappa shape index (κ2) is 8.11. The van der Waals surface area contributed by atoms with Crippen molar-refractivity contribution in [1.29, 1.82) is 0 Å². The van der Waals surface area contributed by atoms with Crippen LogP contribution >= 0.6 is 24.8 Å². The van der Waals surface area contributed by atoms with Crippen LogP contribution in [0.15, 0.2) is 0 Å². The summed E-state index contributed by atoms with van der Waals surface area (Å²) in [6.07, 6.45) is 5.02. The van der Waals surface area contributed by atoms with Gasteiger partial charge in [0, 0.05) is 12.1 Å². The fourth-order valence-corrected chi connectivity index (χ4v) is 1.70. The molecule has 0 aromatic carbocycles. The molecule has 1 fully saturated rings. The van der Waals surface area contributed by atoms with Crippen LogP contribution in [0.3, 0.4) is 0 Å². The standard InChI is InChI=1S/C8H18N2.2ClH/c1-2-10-8-5-3-4-7(9)6-8;;/h7-8,10H,2-6,9H2,1H3;2*1H. The van der Waals surface area contributed by atoms with Crippen molar-refractivity contribution < 1.29 is 0 Å². The van der Waals surface area contributed by atoms with Crippen molar-refractivity contribution in [2.75, 3.05) is 6.54 Å². The van der Waals surface area contributed by atoms with Gasteiger partial charge in [0.05, 0.1) is 0 Å². The number of hydrogen-bond donors (Lipinski definition) is 2. The molecule has 0 bridgehead atoms. The average molecular weight is 215 g/mol. The molecule has 3 N–H and O–H groups in total. The van der Waals surface area contributed by atoms with E-state index in [1.165, 1.54) is 25.7 Å². The highest BCUT2D eigenvalue weighted by molar-refractivity contribution is 5.85. The minimum absolute atomic E-state index is 0. The molecule has 0 aliphatic heterocycles. The van der Waals surface area contributed by atoms with Gasteiger partial charge >= 0.3 is 0 Å². The van der Waals surface area contributed by atoms with Crippen LogP contribution in [0.4, 0.5) is 0 Å². The van der Waals surface area contributed by atoms with E-state index in [-0.39, 0.29) is 24.8 Å². The summed E-state index contributed by atoms with van der Waals surface area (Å²) in [5.41, 5.74) is 5.82. The zero-order valence-electron chi connectivity index (χ0n) is 7.58. The highest BCUT2D eigenvalue weighted by atomic mass is 35.5.